The molecule has 21 heavy (non-hydrogen) atoms. The van der Waals surface area contributed by atoms with Gasteiger partial charge in [-0.05, 0) is 13.0 Å². The van der Waals surface area contributed by atoms with Crippen molar-refractivity contribution in [1.29, 1.82) is 0 Å². The van der Waals surface area contributed by atoms with Gasteiger partial charge < -0.3 is 9.84 Å². The number of aromatic nitrogens is 1. The molecule has 0 aliphatic carbocycles. The molecule has 0 aliphatic heterocycles. The molecule has 1 heterocycles. The maximum atomic E-state index is 10.9. The Balaban J connectivity index is 2.13. The first kappa shape index (κ1) is 14.9. The van der Waals surface area contributed by atoms with Crippen molar-refractivity contribution in [3.63, 3.8) is 0 Å². The Morgan fingerprint density at radius 3 is 2.86 bits per heavy atom. The van der Waals surface area contributed by atoms with Crippen LogP contribution in [-0.4, -0.2) is 27.6 Å². The molecule has 0 saturated heterocycles. The summed E-state index contributed by atoms with van der Waals surface area (Å²) in [4.78, 5) is 26.4. The topological polar surface area (TPSA) is 103 Å². The van der Waals surface area contributed by atoms with E-state index < -0.39 is 10.9 Å². The Bertz CT molecular complexity index is 683. The van der Waals surface area contributed by atoms with Crippen LogP contribution in [0.2, 0.25) is 0 Å². The van der Waals surface area contributed by atoms with Gasteiger partial charge in [0.2, 0.25) is 0 Å². The van der Waals surface area contributed by atoms with Crippen molar-refractivity contribution in [3.8, 4) is 5.75 Å². The zero-order valence-electron chi connectivity index (χ0n) is 11.1. The Hall–Kier alpha value is -2.48. The van der Waals surface area contributed by atoms with Crippen molar-refractivity contribution in [1.82, 2.24) is 4.98 Å². The van der Waals surface area contributed by atoms with E-state index in [-0.39, 0.29) is 23.6 Å². The van der Waals surface area contributed by atoms with Gasteiger partial charge in [0.1, 0.15) is 0 Å². The number of carboxylic acids is 1. The summed E-state index contributed by atoms with van der Waals surface area (Å²) in [6.45, 7) is 2.09. The molecule has 110 valence electrons. The monoisotopic (exact) mass is 308 g/mol. The fraction of sp³-hybridized carbons (Fsp3) is 0.231. The second kappa shape index (κ2) is 6.31. The lowest BCUT2D eigenvalue weighted by atomic mass is 10.2. The molecular formula is C13H12N2O5S. The lowest BCUT2D eigenvalue weighted by Crippen LogP contribution is -2.05. The van der Waals surface area contributed by atoms with E-state index in [2.05, 4.69) is 4.98 Å². The van der Waals surface area contributed by atoms with E-state index in [9.17, 15) is 14.9 Å². The van der Waals surface area contributed by atoms with Gasteiger partial charge in [-0.25, -0.2) is 9.78 Å². The lowest BCUT2D eigenvalue weighted by Gasteiger charge is -2.07. The lowest BCUT2D eigenvalue weighted by molar-refractivity contribution is -0.385. The van der Waals surface area contributed by atoms with Crippen LogP contribution in [0.4, 0.5) is 5.69 Å². The van der Waals surface area contributed by atoms with Gasteiger partial charge in [-0.1, -0.05) is 0 Å². The van der Waals surface area contributed by atoms with E-state index in [1.807, 2.05) is 6.92 Å². The smallest absolute Gasteiger partial charge is 0.335 e. The molecule has 0 bridgehead atoms. The van der Waals surface area contributed by atoms with E-state index in [1.165, 1.54) is 23.5 Å². The summed E-state index contributed by atoms with van der Waals surface area (Å²) in [6, 6.07) is 3.48. The highest BCUT2D eigenvalue weighted by molar-refractivity contribution is 7.09. The number of nitro groups is 1. The van der Waals surface area contributed by atoms with Gasteiger partial charge in [0.25, 0.3) is 0 Å². The third kappa shape index (κ3) is 3.54. The van der Waals surface area contributed by atoms with Crippen LogP contribution in [0.3, 0.4) is 0 Å². The van der Waals surface area contributed by atoms with Gasteiger partial charge in [0, 0.05) is 23.4 Å². The summed E-state index contributed by atoms with van der Waals surface area (Å²) in [6.07, 6.45) is 0.560. The van der Waals surface area contributed by atoms with Gasteiger partial charge in [0.05, 0.1) is 28.3 Å². The summed E-state index contributed by atoms with van der Waals surface area (Å²) in [5.41, 5.74) is 2.32. The maximum Gasteiger partial charge on any atom is 0.335 e. The molecule has 7 nitrogen and oxygen atoms in total. The molecule has 1 N–H and O–H groups in total. The number of aromatic carboxylic acids is 1. The molecule has 0 amide bonds. The minimum atomic E-state index is -1.16. The van der Waals surface area contributed by atoms with E-state index in [1.54, 1.807) is 5.51 Å². The van der Waals surface area contributed by atoms with E-state index in [0.29, 0.717) is 6.42 Å². The van der Waals surface area contributed by atoms with Crippen LogP contribution in [0.15, 0.2) is 23.7 Å². The van der Waals surface area contributed by atoms with Gasteiger partial charge >= 0.3 is 11.7 Å². The third-order valence-corrected chi connectivity index (χ3v) is 3.83. The molecule has 0 atom stereocenters. The standard InChI is InChI=1S/C13H12N2O5S/c1-8-12(21-7-14-8)4-5-20-11-6-9(13(16)17)2-3-10(11)15(18)19/h2-3,6-7H,4-5H2,1H3,(H,16,17). The third-order valence-electron chi connectivity index (χ3n) is 2.84. The maximum absolute atomic E-state index is 10.9. The first-order chi connectivity index (χ1) is 9.99. The Morgan fingerprint density at radius 1 is 1.52 bits per heavy atom. The van der Waals surface area contributed by atoms with Crippen molar-refractivity contribution < 1.29 is 19.6 Å². The van der Waals surface area contributed by atoms with Gasteiger partial charge in [-0.2, -0.15) is 0 Å². The van der Waals surface area contributed by atoms with Gasteiger partial charge in [0.15, 0.2) is 5.75 Å². The second-order valence-electron chi connectivity index (χ2n) is 4.20. The Labute approximate surface area is 124 Å². The molecule has 0 fully saturated rings. The molecule has 1 aromatic heterocycles. The fourth-order valence-electron chi connectivity index (χ4n) is 1.73. The summed E-state index contributed by atoms with van der Waals surface area (Å²) >= 11 is 1.48. The fourth-order valence-corrected chi connectivity index (χ4v) is 2.50. The first-order valence-corrected chi connectivity index (χ1v) is 6.90. The van der Waals surface area contributed by atoms with Crippen LogP contribution in [0, 0.1) is 17.0 Å². The van der Waals surface area contributed by atoms with Crippen LogP contribution < -0.4 is 4.74 Å². The number of nitrogens with zero attached hydrogens (tertiary/aromatic N) is 2. The number of carbonyl (C=O) groups is 1. The Morgan fingerprint density at radius 2 is 2.29 bits per heavy atom. The molecule has 2 rings (SSSR count). The molecule has 0 aliphatic rings. The highest BCUT2D eigenvalue weighted by Gasteiger charge is 2.18. The number of nitro benzene ring substituents is 1. The van der Waals surface area contributed by atoms with Crippen LogP contribution in [-0.2, 0) is 6.42 Å². The highest BCUT2D eigenvalue weighted by Crippen LogP contribution is 2.28. The van der Waals surface area contributed by atoms with Crippen molar-refractivity contribution in [3.05, 3.63) is 50.0 Å². The summed E-state index contributed by atoms with van der Waals surface area (Å²) in [5, 5.41) is 19.8. The summed E-state index contributed by atoms with van der Waals surface area (Å²) in [7, 11) is 0. The van der Waals surface area contributed by atoms with E-state index in [4.69, 9.17) is 9.84 Å². The van der Waals surface area contributed by atoms with Crippen LogP contribution in [0.25, 0.3) is 0 Å². The second-order valence-corrected chi connectivity index (χ2v) is 5.14. The SMILES string of the molecule is Cc1ncsc1CCOc1cc(C(=O)O)ccc1[N+](=O)[O-]. The number of hydrogen-bond donors (Lipinski definition) is 1. The number of thiazole rings is 1. The summed E-state index contributed by atoms with van der Waals surface area (Å²) in [5.74, 6) is -1.20. The van der Waals surface area contributed by atoms with E-state index >= 15 is 0 Å². The number of rotatable bonds is 6. The highest BCUT2D eigenvalue weighted by atomic mass is 32.1. The normalized spacial score (nSPS) is 10.3. The summed E-state index contributed by atoms with van der Waals surface area (Å²) < 4.78 is 5.39. The molecule has 0 saturated carbocycles. The largest absolute Gasteiger partial charge is 0.486 e. The van der Waals surface area contributed by atoms with Gasteiger partial charge in [-0.15, -0.1) is 11.3 Å². The first-order valence-electron chi connectivity index (χ1n) is 6.02. The van der Waals surface area contributed by atoms with Crippen molar-refractivity contribution in [2.45, 2.75) is 13.3 Å². The quantitative estimate of drug-likeness (QED) is 0.650. The molecule has 8 heteroatoms. The molecule has 1 aromatic carbocycles. The van der Waals surface area contributed by atoms with Crippen LogP contribution in [0.5, 0.6) is 5.75 Å². The molecular weight excluding hydrogens is 296 g/mol. The van der Waals surface area contributed by atoms with Crippen LogP contribution in [0.1, 0.15) is 20.9 Å². The predicted molar refractivity (Wildman–Crippen MR) is 76.1 cm³/mol. The van der Waals surface area contributed by atoms with E-state index in [0.717, 1.165) is 16.6 Å². The van der Waals surface area contributed by atoms with Crippen molar-refractivity contribution >= 4 is 23.0 Å². The number of ether oxygens (including phenoxy) is 1. The number of benzene rings is 1. The average Bonchev–Trinajstić information content (AvgIpc) is 2.84. The molecule has 2 aromatic rings. The number of carboxylic acid groups (broad SMARTS) is 1. The zero-order chi connectivity index (χ0) is 15.4. The molecule has 0 spiro atoms. The number of hydrogen-bond acceptors (Lipinski definition) is 6. The number of aryl methyl sites for hydroxylation is 1. The molecule has 0 unspecified atom stereocenters. The zero-order valence-corrected chi connectivity index (χ0v) is 11.9. The van der Waals surface area contributed by atoms with Crippen molar-refractivity contribution in [2.75, 3.05) is 6.61 Å². The Kier molecular flexibility index (Phi) is 4.49. The molecule has 0 radical (unpaired) electrons. The van der Waals surface area contributed by atoms with Crippen LogP contribution >= 0.6 is 11.3 Å². The minimum Gasteiger partial charge on any atom is -0.486 e. The van der Waals surface area contributed by atoms with Gasteiger partial charge in [-0.3, -0.25) is 10.1 Å². The van der Waals surface area contributed by atoms with Crippen molar-refractivity contribution in [2.24, 2.45) is 0 Å². The minimum absolute atomic E-state index is 0.0398. The predicted octanol–water partition coefficient (Wildman–Crippen LogP) is 2.68. The average molecular weight is 308 g/mol.